The molecule has 0 bridgehead atoms. The number of rotatable bonds is 6. The van der Waals surface area contributed by atoms with Crippen molar-refractivity contribution in [3.05, 3.63) is 70.7 Å². The molecule has 1 heterocycles. The maximum absolute atomic E-state index is 12.0. The van der Waals surface area contributed by atoms with Crippen LogP contribution in [0.5, 0.6) is 0 Å². The van der Waals surface area contributed by atoms with Gasteiger partial charge in [-0.2, -0.15) is 5.26 Å². The molecule has 0 fully saturated rings. The van der Waals surface area contributed by atoms with E-state index in [2.05, 4.69) is 37.4 Å². The van der Waals surface area contributed by atoms with E-state index in [1.54, 1.807) is 6.92 Å². The van der Waals surface area contributed by atoms with Crippen LogP contribution in [0.1, 0.15) is 49.2 Å². The first-order chi connectivity index (χ1) is 14.0. The molecule has 0 aliphatic carbocycles. The number of hydrogen-bond donors (Lipinski definition) is 1. The first kappa shape index (κ1) is 20.5. The van der Waals surface area contributed by atoms with Gasteiger partial charge in [0, 0.05) is 12.0 Å². The second kappa shape index (κ2) is 9.31. The Hall–Kier alpha value is -3.23. The van der Waals surface area contributed by atoms with E-state index in [-0.39, 0.29) is 5.91 Å². The molecular formula is C24H23N3OS. The Labute approximate surface area is 175 Å². The summed E-state index contributed by atoms with van der Waals surface area (Å²) >= 11 is 1.32. The van der Waals surface area contributed by atoms with Crippen molar-refractivity contribution in [2.24, 2.45) is 0 Å². The smallest absolute Gasteiger partial charge is 0.224 e. The molecule has 3 aromatic rings. The molecule has 0 unspecified atom stereocenters. The highest BCUT2D eigenvalue weighted by Crippen LogP contribution is 2.36. The minimum absolute atomic E-state index is 0.0795. The van der Waals surface area contributed by atoms with Gasteiger partial charge in [-0.15, -0.1) is 0 Å². The van der Waals surface area contributed by atoms with Gasteiger partial charge < -0.3 is 5.32 Å². The van der Waals surface area contributed by atoms with Crippen LogP contribution in [0.25, 0.3) is 22.9 Å². The first-order valence-corrected chi connectivity index (χ1v) is 10.4. The fourth-order valence-corrected chi connectivity index (χ4v) is 3.78. The number of allylic oxidation sites excluding steroid dienone is 1. The molecule has 29 heavy (non-hydrogen) atoms. The van der Waals surface area contributed by atoms with Crippen molar-refractivity contribution in [1.82, 2.24) is 4.98 Å². The third kappa shape index (κ3) is 4.98. The SMILES string of the molecule is CCC(=O)Nc1sc(/C(C#N)=C/c2ccc(C(C)C)cc2)nc1-c1ccccc1. The monoisotopic (exact) mass is 401 g/mol. The molecule has 3 rings (SSSR count). The van der Waals surface area contributed by atoms with E-state index >= 15 is 0 Å². The fraction of sp³-hybridized carbons (Fsp3) is 0.208. The van der Waals surface area contributed by atoms with Crippen LogP contribution in [0, 0.1) is 11.3 Å². The lowest BCUT2D eigenvalue weighted by Gasteiger charge is -2.04. The zero-order valence-electron chi connectivity index (χ0n) is 16.8. The Morgan fingerprint density at radius 1 is 1.17 bits per heavy atom. The number of carbonyl (C=O) groups is 1. The highest BCUT2D eigenvalue weighted by Gasteiger charge is 2.17. The quantitative estimate of drug-likeness (QED) is 0.490. The van der Waals surface area contributed by atoms with E-state index in [9.17, 15) is 10.1 Å². The van der Waals surface area contributed by atoms with Crippen molar-refractivity contribution in [3.63, 3.8) is 0 Å². The molecule has 1 aromatic heterocycles. The molecule has 1 N–H and O–H groups in total. The number of nitrogens with zero attached hydrogens (tertiary/aromatic N) is 2. The number of nitriles is 1. The van der Waals surface area contributed by atoms with E-state index < -0.39 is 0 Å². The molecule has 0 radical (unpaired) electrons. The van der Waals surface area contributed by atoms with E-state index in [4.69, 9.17) is 4.98 Å². The van der Waals surface area contributed by atoms with Gasteiger partial charge in [0.1, 0.15) is 21.8 Å². The summed E-state index contributed by atoms with van der Waals surface area (Å²) in [5.41, 5.74) is 4.26. The Kier molecular flexibility index (Phi) is 6.58. The lowest BCUT2D eigenvalue weighted by atomic mass is 10.0. The van der Waals surface area contributed by atoms with Gasteiger partial charge >= 0.3 is 0 Å². The van der Waals surface area contributed by atoms with Gasteiger partial charge in [0.2, 0.25) is 5.91 Å². The lowest BCUT2D eigenvalue weighted by Crippen LogP contribution is -2.08. The average molecular weight is 402 g/mol. The average Bonchev–Trinajstić information content (AvgIpc) is 3.16. The first-order valence-electron chi connectivity index (χ1n) is 9.60. The van der Waals surface area contributed by atoms with Crippen LogP contribution >= 0.6 is 11.3 Å². The molecule has 0 spiro atoms. The Bertz CT molecular complexity index is 1060. The van der Waals surface area contributed by atoms with Crippen LogP contribution < -0.4 is 5.32 Å². The Morgan fingerprint density at radius 3 is 2.45 bits per heavy atom. The van der Waals surface area contributed by atoms with Crippen LogP contribution in [0.3, 0.4) is 0 Å². The number of carbonyl (C=O) groups excluding carboxylic acids is 1. The summed E-state index contributed by atoms with van der Waals surface area (Å²) < 4.78 is 0. The van der Waals surface area contributed by atoms with E-state index in [1.807, 2.05) is 48.5 Å². The van der Waals surface area contributed by atoms with Gasteiger partial charge in [-0.1, -0.05) is 86.7 Å². The van der Waals surface area contributed by atoms with Crippen LogP contribution in [-0.2, 0) is 4.79 Å². The zero-order chi connectivity index (χ0) is 20.8. The molecule has 0 aliphatic rings. The number of nitrogens with one attached hydrogen (secondary N) is 1. The third-order valence-electron chi connectivity index (χ3n) is 4.51. The van der Waals surface area contributed by atoms with Crippen LogP contribution in [0.2, 0.25) is 0 Å². The third-order valence-corrected chi connectivity index (χ3v) is 5.52. The number of thiazole rings is 1. The lowest BCUT2D eigenvalue weighted by molar-refractivity contribution is -0.115. The Morgan fingerprint density at radius 2 is 1.86 bits per heavy atom. The van der Waals surface area contributed by atoms with Crippen molar-refractivity contribution in [2.45, 2.75) is 33.1 Å². The van der Waals surface area contributed by atoms with Crippen molar-refractivity contribution in [1.29, 1.82) is 5.26 Å². The highest BCUT2D eigenvalue weighted by atomic mass is 32.1. The summed E-state index contributed by atoms with van der Waals surface area (Å²) in [5, 5.41) is 13.9. The second-order valence-electron chi connectivity index (χ2n) is 6.96. The number of benzene rings is 2. The molecule has 0 atom stereocenters. The summed E-state index contributed by atoms with van der Waals surface area (Å²) in [6.45, 7) is 6.11. The van der Waals surface area contributed by atoms with Crippen LogP contribution in [0.4, 0.5) is 5.00 Å². The largest absolute Gasteiger partial charge is 0.316 e. The summed E-state index contributed by atoms with van der Waals surface area (Å²) in [5.74, 6) is 0.379. The van der Waals surface area contributed by atoms with Gasteiger partial charge in [0.15, 0.2) is 0 Å². The van der Waals surface area contributed by atoms with E-state index in [0.717, 1.165) is 11.1 Å². The van der Waals surface area contributed by atoms with Gasteiger partial charge in [-0.05, 0) is 23.1 Å². The summed E-state index contributed by atoms with van der Waals surface area (Å²) in [4.78, 5) is 16.7. The summed E-state index contributed by atoms with van der Waals surface area (Å²) in [6.07, 6.45) is 2.22. The van der Waals surface area contributed by atoms with Gasteiger partial charge in [0.25, 0.3) is 0 Å². The zero-order valence-corrected chi connectivity index (χ0v) is 17.6. The van der Waals surface area contributed by atoms with Crippen LogP contribution in [0.15, 0.2) is 54.6 Å². The van der Waals surface area contributed by atoms with Gasteiger partial charge in [-0.3, -0.25) is 4.79 Å². The molecular weight excluding hydrogens is 378 g/mol. The summed E-state index contributed by atoms with van der Waals surface area (Å²) in [6, 6.07) is 20.1. The topological polar surface area (TPSA) is 65.8 Å². The second-order valence-corrected chi connectivity index (χ2v) is 7.95. The molecule has 146 valence electrons. The maximum atomic E-state index is 12.0. The van der Waals surface area contributed by atoms with Gasteiger partial charge in [0.05, 0.1) is 5.57 Å². The number of anilines is 1. The number of aromatic nitrogens is 1. The predicted octanol–water partition coefficient (Wildman–Crippen LogP) is 6.35. The van der Waals surface area contributed by atoms with Gasteiger partial charge in [-0.25, -0.2) is 4.98 Å². The molecule has 4 nitrogen and oxygen atoms in total. The maximum Gasteiger partial charge on any atom is 0.224 e. The van der Waals surface area contributed by atoms with Crippen molar-refractivity contribution >= 4 is 33.9 Å². The number of amides is 1. The summed E-state index contributed by atoms with van der Waals surface area (Å²) in [7, 11) is 0. The van der Waals surface area contributed by atoms with Crippen molar-refractivity contribution in [3.8, 4) is 17.3 Å². The molecule has 5 heteroatoms. The van der Waals surface area contributed by atoms with E-state index in [0.29, 0.717) is 33.6 Å². The van der Waals surface area contributed by atoms with Crippen molar-refractivity contribution in [2.75, 3.05) is 5.32 Å². The van der Waals surface area contributed by atoms with Crippen molar-refractivity contribution < 1.29 is 4.79 Å². The predicted molar refractivity (Wildman–Crippen MR) is 120 cm³/mol. The molecule has 0 aliphatic heterocycles. The van der Waals surface area contributed by atoms with E-state index in [1.165, 1.54) is 16.9 Å². The number of hydrogen-bond acceptors (Lipinski definition) is 4. The molecule has 0 saturated carbocycles. The highest BCUT2D eigenvalue weighted by molar-refractivity contribution is 7.17. The molecule has 2 aromatic carbocycles. The standard InChI is InChI=1S/C24H23N3OS/c1-4-21(28)26-24-22(19-8-6-5-7-9-19)27-23(29-24)20(15-25)14-17-10-12-18(13-11-17)16(2)3/h5-14,16H,4H2,1-3H3,(H,26,28)/b20-14+. The normalized spacial score (nSPS) is 11.3. The molecule has 1 amide bonds. The molecule has 0 saturated heterocycles. The Balaban J connectivity index is 2.01. The van der Waals surface area contributed by atoms with Crippen LogP contribution in [-0.4, -0.2) is 10.9 Å². The minimum atomic E-state index is -0.0795. The fourth-order valence-electron chi connectivity index (χ4n) is 2.81. The minimum Gasteiger partial charge on any atom is -0.316 e.